The van der Waals surface area contributed by atoms with Crippen LogP contribution in [0.15, 0.2) is 29.2 Å². The Balaban J connectivity index is 2.41. The van der Waals surface area contributed by atoms with Crippen molar-refractivity contribution in [3.63, 3.8) is 0 Å². The Morgan fingerprint density at radius 2 is 2.00 bits per heavy atom. The van der Waals surface area contributed by atoms with Crippen molar-refractivity contribution >= 4 is 16.4 Å². The van der Waals surface area contributed by atoms with Crippen molar-refractivity contribution < 1.29 is 26.4 Å². The Morgan fingerprint density at radius 1 is 1.32 bits per heavy atom. The Bertz CT molecular complexity index is 646. The van der Waals surface area contributed by atoms with E-state index in [-0.39, 0.29) is 13.1 Å². The molecular weight excluding hydrogens is 321 g/mol. The molecule has 1 heterocycles. The highest BCUT2D eigenvalue weighted by atomic mass is 32.2. The van der Waals surface area contributed by atoms with Crippen molar-refractivity contribution in [1.29, 1.82) is 0 Å². The molecule has 1 aliphatic rings. The predicted octanol–water partition coefficient (Wildman–Crippen LogP) is 1.60. The van der Waals surface area contributed by atoms with E-state index in [1.54, 1.807) is 0 Å². The number of halogens is 3. The third kappa shape index (κ3) is 3.25. The number of carbonyl (C=O) groups is 1. The minimum absolute atomic E-state index is 0.0803. The van der Waals surface area contributed by atoms with Crippen molar-refractivity contribution in [2.45, 2.75) is 30.0 Å². The molecule has 1 fully saturated rings. The second kappa shape index (κ2) is 6.25. The van der Waals surface area contributed by atoms with E-state index in [4.69, 9.17) is 0 Å². The maximum Gasteiger partial charge on any atom is 0.417 e. The fourth-order valence-corrected chi connectivity index (χ4v) is 4.47. The second-order valence-corrected chi connectivity index (χ2v) is 6.79. The van der Waals surface area contributed by atoms with Gasteiger partial charge in [0.2, 0.25) is 16.4 Å². The number of nitrogens with zero attached hydrogens (tertiary/aromatic N) is 1. The molecule has 1 aliphatic heterocycles. The highest BCUT2D eigenvalue weighted by Crippen LogP contribution is 2.36. The first-order chi connectivity index (χ1) is 10.3. The van der Waals surface area contributed by atoms with Crippen LogP contribution >= 0.6 is 0 Å². The number of sulfonamides is 1. The summed E-state index contributed by atoms with van der Waals surface area (Å²) in [5, 5.41) is 2.38. The lowest BCUT2D eigenvalue weighted by Crippen LogP contribution is -2.41. The number of benzene rings is 1. The Hall–Kier alpha value is -1.61. The van der Waals surface area contributed by atoms with Gasteiger partial charge in [-0.2, -0.15) is 17.5 Å². The van der Waals surface area contributed by atoms with Crippen LogP contribution in [0.25, 0.3) is 0 Å². The first-order valence-corrected chi connectivity index (χ1v) is 8.07. The van der Waals surface area contributed by atoms with E-state index in [9.17, 15) is 26.4 Å². The van der Waals surface area contributed by atoms with Crippen molar-refractivity contribution in [2.24, 2.45) is 0 Å². The molecule has 5 nitrogen and oxygen atoms in total. The molecule has 0 spiro atoms. The molecule has 1 N–H and O–H groups in total. The van der Waals surface area contributed by atoms with Gasteiger partial charge in [-0.05, 0) is 25.0 Å². The van der Waals surface area contributed by atoms with Crippen LogP contribution in [0, 0.1) is 0 Å². The number of hydrogen-bond donors (Lipinski definition) is 1. The van der Waals surface area contributed by atoms with Gasteiger partial charge < -0.3 is 5.32 Å². The SMILES string of the molecule is O=CNCC1CCCN1S(=O)(=O)c1ccccc1C(F)(F)F. The second-order valence-electron chi connectivity index (χ2n) is 4.93. The molecule has 1 aromatic rings. The summed E-state index contributed by atoms with van der Waals surface area (Å²) in [4.78, 5) is 9.60. The minimum Gasteiger partial charge on any atom is -0.357 e. The van der Waals surface area contributed by atoms with Crippen LogP contribution in [-0.4, -0.2) is 38.3 Å². The minimum atomic E-state index is -4.75. The first-order valence-electron chi connectivity index (χ1n) is 6.63. The van der Waals surface area contributed by atoms with Crippen molar-refractivity contribution in [1.82, 2.24) is 9.62 Å². The Labute approximate surface area is 126 Å². The Morgan fingerprint density at radius 3 is 2.64 bits per heavy atom. The fourth-order valence-electron chi connectivity index (χ4n) is 2.57. The lowest BCUT2D eigenvalue weighted by Gasteiger charge is -2.25. The molecule has 1 unspecified atom stereocenters. The monoisotopic (exact) mass is 336 g/mol. The summed E-state index contributed by atoms with van der Waals surface area (Å²) in [6, 6.07) is 3.59. The fraction of sp³-hybridized carbons (Fsp3) is 0.462. The maximum absolute atomic E-state index is 13.0. The van der Waals surface area contributed by atoms with E-state index >= 15 is 0 Å². The van der Waals surface area contributed by atoms with Gasteiger partial charge in [-0.15, -0.1) is 0 Å². The Kier molecular flexibility index (Phi) is 4.76. The third-order valence-electron chi connectivity index (χ3n) is 3.54. The van der Waals surface area contributed by atoms with Gasteiger partial charge in [0.1, 0.15) is 0 Å². The molecular formula is C13H15F3N2O3S. The lowest BCUT2D eigenvalue weighted by molar-refractivity contribution is -0.139. The van der Waals surface area contributed by atoms with E-state index in [0.29, 0.717) is 19.3 Å². The maximum atomic E-state index is 13.0. The van der Waals surface area contributed by atoms with Crippen LogP contribution < -0.4 is 5.32 Å². The normalized spacial score (nSPS) is 20.0. The molecule has 1 aromatic carbocycles. The molecule has 1 saturated heterocycles. The van der Waals surface area contributed by atoms with Gasteiger partial charge in [-0.1, -0.05) is 12.1 Å². The molecule has 0 aliphatic carbocycles. The molecule has 0 aromatic heterocycles. The molecule has 122 valence electrons. The summed E-state index contributed by atoms with van der Waals surface area (Å²) in [7, 11) is -4.27. The largest absolute Gasteiger partial charge is 0.417 e. The van der Waals surface area contributed by atoms with Gasteiger partial charge >= 0.3 is 6.18 Å². The number of hydrogen-bond acceptors (Lipinski definition) is 3. The third-order valence-corrected chi connectivity index (χ3v) is 5.55. The van der Waals surface area contributed by atoms with Gasteiger partial charge in [0, 0.05) is 19.1 Å². The summed E-state index contributed by atoms with van der Waals surface area (Å²) >= 11 is 0. The zero-order chi connectivity index (χ0) is 16.4. The lowest BCUT2D eigenvalue weighted by atomic mass is 10.2. The molecule has 9 heteroatoms. The van der Waals surface area contributed by atoms with Crippen LogP contribution in [0.5, 0.6) is 0 Å². The van der Waals surface area contributed by atoms with Gasteiger partial charge in [0.05, 0.1) is 10.5 Å². The van der Waals surface area contributed by atoms with E-state index in [1.807, 2.05) is 0 Å². The molecule has 1 amide bonds. The van der Waals surface area contributed by atoms with Gasteiger partial charge in [-0.3, -0.25) is 4.79 Å². The summed E-state index contributed by atoms with van der Waals surface area (Å²) in [6.07, 6.45) is -3.28. The van der Waals surface area contributed by atoms with Crippen LogP contribution in [0.4, 0.5) is 13.2 Å². The summed E-state index contributed by atoms with van der Waals surface area (Å²) < 4.78 is 65.3. The highest BCUT2D eigenvalue weighted by Gasteiger charge is 2.41. The molecule has 1 atom stereocenters. The van der Waals surface area contributed by atoms with Crippen LogP contribution in [0.1, 0.15) is 18.4 Å². The van der Waals surface area contributed by atoms with Crippen molar-refractivity contribution in [2.75, 3.05) is 13.1 Å². The molecule has 22 heavy (non-hydrogen) atoms. The van der Waals surface area contributed by atoms with Crippen LogP contribution in [0.2, 0.25) is 0 Å². The van der Waals surface area contributed by atoms with E-state index in [1.165, 1.54) is 6.07 Å². The van der Waals surface area contributed by atoms with Crippen molar-refractivity contribution in [3.05, 3.63) is 29.8 Å². The summed E-state index contributed by atoms with van der Waals surface area (Å²) in [5.74, 6) is 0. The number of carbonyl (C=O) groups excluding carboxylic acids is 1. The van der Waals surface area contributed by atoms with E-state index in [0.717, 1.165) is 22.5 Å². The van der Waals surface area contributed by atoms with Gasteiger partial charge in [0.25, 0.3) is 0 Å². The standard InChI is InChI=1S/C13H15F3N2O3S/c14-13(15,16)11-5-1-2-6-12(11)22(20,21)18-7-3-4-10(18)8-17-9-19/h1-2,5-6,9-10H,3-4,7-8H2,(H,17,19). The molecule has 0 radical (unpaired) electrons. The van der Waals surface area contributed by atoms with Gasteiger partial charge in [-0.25, -0.2) is 8.42 Å². The molecule has 0 saturated carbocycles. The van der Waals surface area contributed by atoms with E-state index in [2.05, 4.69) is 5.32 Å². The quantitative estimate of drug-likeness (QED) is 0.831. The van der Waals surface area contributed by atoms with Crippen LogP contribution in [-0.2, 0) is 21.0 Å². The number of nitrogens with one attached hydrogen (secondary N) is 1. The zero-order valence-electron chi connectivity index (χ0n) is 11.5. The molecule has 0 bridgehead atoms. The predicted molar refractivity (Wildman–Crippen MR) is 72.4 cm³/mol. The number of amides is 1. The number of alkyl halides is 3. The van der Waals surface area contributed by atoms with Crippen LogP contribution in [0.3, 0.4) is 0 Å². The van der Waals surface area contributed by atoms with Crippen molar-refractivity contribution in [3.8, 4) is 0 Å². The summed E-state index contributed by atoms with van der Waals surface area (Å²) in [6.45, 7) is 0.219. The zero-order valence-corrected chi connectivity index (χ0v) is 12.3. The summed E-state index contributed by atoms with van der Waals surface area (Å²) in [5.41, 5.74) is -1.18. The first kappa shape index (κ1) is 16.8. The number of rotatable bonds is 5. The average Bonchev–Trinajstić information content (AvgIpc) is 2.93. The topological polar surface area (TPSA) is 66.5 Å². The highest BCUT2D eigenvalue weighted by molar-refractivity contribution is 7.89. The van der Waals surface area contributed by atoms with E-state index < -0.39 is 32.7 Å². The smallest absolute Gasteiger partial charge is 0.357 e. The van der Waals surface area contributed by atoms with Gasteiger partial charge in [0.15, 0.2) is 0 Å². The average molecular weight is 336 g/mol. The molecule has 2 rings (SSSR count).